The van der Waals surface area contributed by atoms with Crippen LogP contribution in [0, 0.1) is 0 Å². The van der Waals surface area contributed by atoms with Gasteiger partial charge in [0.1, 0.15) is 0 Å². The maximum absolute atomic E-state index is 5.63. The molecular formula is C13H28N2O. The summed E-state index contributed by atoms with van der Waals surface area (Å²) in [5.74, 6) is 0. The van der Waals surface area contributed by atoms with Gasteiger partial charge in [-0.25, -0.2) is 0 Å². The van der Waals surface area contributed by atoms with Crippen LogP contribution in [0.25, 0.3) is 0 Å². The Kier molecular flexibility index (Phi) is 7.81. The summed E-state index contributed by atoms with van der Waals surface area (Å²) in [5, 5.41) is 0. The van der Waals surface area contributed by atoms with Crippen LogP contribution >= 0.6 is 0 Å². The molecule has 2 N–H and O–H groups in total. The molecule has 0 spiro atoms. The highest BCUT2D eigenvalue weighted by Gasteiger charge is 2.15. The lowest BCUT2D eigenvalue weighted by Crippen LogP contribution is -2.31. The fourth-order valence-corrected chi connectivity index (χ4v) is 2.31. The molecule has 1 aliphatic rings. The predicted molar refractivity (Wildman–Crippen MR) is 68.6 cm³/mol. The van der Waals surface area contributed by atoms with Crippen LogP contribution < -0.4 is 5.73 Å². The molecule has 0 aliphatic carbocycles. The van der Waals surface area contributed by atoms with Gasteiger partial charge in [0.15, 0.2) is 0 Å². The van der Waals surface area contributed by atoms with E-state index < -0.39 is 0 Å². The van der Waals surface area contributed by atoms with Crippen molar-refractivity contribution in [1.29, 1.82) is 0 Å². The fraction of sp³-hybridized carbons (Fsp3) is 1.00. The molecule has 1 saturated heterocycles. The summed E-state index contributed by atoms with van der Waals surface area (Å²) in [6, 6.07) is 0. The summed E-state index contributed by atoms with van der Waals surface area (Å²) < 4.78 is 5.63. The van der Waals surface area contributed by atoms with Crippen molar-refractivity contribution in [2.75, 3.05) is 32.8 Å². The number of unbranched alkanes of at least 4 members (excludes halogenated alkanes) is 1. The minimum absolute atomic E-state index is 0.547. The molecule has 1 heterocycles. The number of nitrogens with zero attached hydrogens (tertiary/aromatic N) is 1. The zero-order chi connectivity index (χ0) is 11.6. The van der Waals surface area contributed by atoms with E-state index in [9.17, 15) is 0 Å². The minimum atomic E-state index is 0.547. The second-order valence-electron chi connectivity index (χ2n) is 4.76. The molecule has 0 amide bonds. The monoisotopic (exact) mass is 228 g/mol. The summed E-state index contributed by atoms with van der Waals surface area (Å²) >= 11 is 0. The van der Waals surface area contributed by atoms with Gasteiger partial charge in [0.2, 0.25) is 0 Å². The predicted octanol–water partition coefficient (Wildman–Crippen LogP) is 2.01. The van der Waals surface area contributed by atoms with Gasteiger partial charge < -0.3 is 15.4 Å². The highest BCUT2D eigenvalue weighted by molar-refractivity contribution is 4.66. The van der Waals surface area contributed by atoms with Gasteiger partial charge in [-0.05, 0) is 45.2 Å². The quantitative estimate of drug-likeness (QED) is 0.656. The molecule has 0 bridgehead atoms. The van der Waals surface area contributed by atoms with E-state index in [1.54, 1.807) is 0 Å². The van der Waals surface area contributed by atoms with E-state index in [1.807, 2.05) is 0 Å². The van der Waals surface area contributed by atoms with Gasteiger partial charge in [0, 0.05) is 19.7 Å². The Morgan fingerprint density at radius 2 is 2.06 bits per heavy atom. The topological polar surface area (TPSA) is 38.5 Å². The highest BCUT2D eigenvalue weighted by Crippen LogP contribution is 2.16. The average Bonchev–Trinajstić information content (AvgIpc) is 2.79. The SMILES string of the molecule is CCCCN(CCN)CCCC1CCCO1. The van der Waals surface area contributed by atoms with Crippen molar-refractivity contribution in [3.05, 3.63) is 0 Å². The van der Waals surface area contributed by atoms with Crippen LogP contribution in [0.2, 0.25) is 0 Å². The molecule has 1 unspecified atom stereocenters. The van der Waals surface area contributed by atoms with Crippen molar-refractivity contribution in [2.24, 2.45) is 5.73 Å². The van der Waals surface area contributed by atoms with E-state index in [0.717, 1.165) is 19.7 Å². The van der Waals surface area contributed by atoms with Gasteiger partial charge in [-0.15, -0.1) is 0 Å². The number of nitrogens with two attached hydrogens (primary N) is 1. The Bertz CT molecular complexity index is 158. The zero-order valence-electron chi connectivity index (χ0n) is 10.8. The third kappa shape index (κ3) is 5.83. The first kappa shape index (κ1) is 13.9. The van der Waals surface area contributed by atoms with Crippen LogP contribution in [0.5, 0.6) is 0 Å². The van der Waals surface area contributed by atoms with Crippen LogP contribution in [0.3, 0.4) is 0 Å². The molecule has 3 heteroatoms. The summed E-state index contributed by atoms with van der Waals surface area (Å²) in [6.45, 7) is 7.45. The molecule has 0 aromatic rings. The van der Waals surface area contributed by atoms with E-state index in [1.165, 1.54) is 51.6 Å². The van der Waals surface area contributed by atoms with Crippen LogP contribution in [0.15, 0.2) is 0 Å². The van der Waals surface area contributed by atoms with Gasteiger partial charge in [-0.1, -0.05) is 13.3 Å². The molecule has 0 aromatic carbocycles. The van der Waals surface area contributed by atoms with Gasteiger partial charge >= 0.3 is 0 Å². The number of rotatable bonds is 9. The van der Waals surface area contributed by atoms with Crippen molar-refractivity contribution in [2.45, 2.75) is 51.6 Å². The smallest absolute Gasteiger partial charge is 0.0576 e. The Hall–Kier alpha value is -0.120. The second kappa shape index (κ2) is 8.97. The van der Waals surface area contributed by atoms with Gasteiger partial charge in [-0.3, -0.25) is 0 Å². The van der Waals surface area contributed by atoms with E-state index >= 15 is 0 Å². The van der Waals surface area contributed by atoms with E-state index in [4.69, 9.17) is 10.5 Å². The average molecular weight is 228 g/mol. The van der Waals surface area contributed by atoms with Gasteiger partial charge in [-0.2, -0.15) is 0 Å². The molecule has 96 valence electrons. The molecular weight excluding hydrogens is 200 g/mol. The molecule has 0 radical (unpaired) electrons. The Morgan fingerprint density at radius 1 is 1.25 bits per heavy atom. The first-order chi connectivity index (χ1) is 7.86. The molecule has 1 aliphatic heterocycles. The maximum atomic E-state index is 5.63. The molecule has 1 atom stereocenters. The van der Waals surface area contributed by atoms with Gasteiger partial charge in [0.05, 0.1) is 6.10 Å². The summed E-state index contributed by atoms with van der Waals surface area (Å²) in [7, 11) is 0. The Morgan fingerprint density at radius 3 is 2.69 bits per heavy atom. The van der Waals surface area contributed by atoms with Crippen molar-refractivity contribution < 1.29 is 4.74 Å². The van der Waals surface area contributed by atoms with Crippen molar-refractivity contribution >= 4 is 0 Å². The lowest BCUT2D eigenvalue weighted by Gasteiger charge is -2.21. The third-order valence-electron chi connectivity index (χ3n) is 3.30. The van der Waals surface area contributed by atoms with Crippen LogP contribution in [-0.2, 0) is 4.74 Å². The summed E-state index contributed by atoms with van der Waals surface area (Å²) in [4.78, 5) is 2.50. The third-order valence-corrected chi connectivity index (χ3v) is 3.30. The standard InChI is InChI=1S/C13H28N2O/c1-2-3-9-15(11-8-14)10-4-6-13-7-5-12-16-13/h13H,2-12,14H2,1H3. The molecule has 1 rings (SSSR count). The molecule has 16 heavy (non-hydrogen) atoms. The van der Waals surface area contributed by atoms with E-state index in [0.29, 0.717) is 6.10 Å². The first-order valence-corrected chi connectivity index (χ1v) is 6.90. The summed E-state index contributed by atoms with van der Waals surface area (Å²) in [6.07, 6.45) is 8.12. The van der Waals surface area contributed by atoms with Crippen LogP contribution in [0.1, 0.15) is 45.4 Å². The first-order valence-electron chi connectivity index (χ1n) is 6.90. The Balaban J connectivity index is 2.05. The van der Waals surface area contributed by atoms with Crippen molar-refractivity contribution in [1.82, 2.24) is 4.90 Å². The molecule has 0 saturated carbocycles. The normalized spacial score (nSPS) is 20.8. The molecule has 3 nitrogen and oxygen atoms in total. The second-order valence-corrected chi connectivity index (χ2v) is 4.76. The largest absolute Gasteiger partial charge is 0.378 e. The highest BCUT2D eigenvalue weighted by atomic mass is 16.5. The van der Waals surface area contributed by atoms with Crippen LogP contribution in [0.4, 0.5) is 0 Å². The Labute approximate surface area is 100 Å². The van der Waals surface area contributed by atoms with Crippen LogP contribution in [-0.4, -0.2) is 43.8 Å². The van der Waals surface area contributed by atoms with Gasteiger partial charge in [0.25, 0.3) is 0 Å². The maximum Gasteiger partial charge on any atom is 0.0576 e. The fourth-order valence-electron chi connectivity index (χ4n) is 2.31. The van der Waals surface area contributed by atoms with Crippen molar-refractivity contribution in [3.8, 4) is 0 Å². The zero-order valence-corrected chi connectivity index (χ0v) is 10.8. The molecule has 0 aromatic heterocycles. The number of hydrogen-bond donors (Lipinski definition) is 1. The van der Waals surface area contributed by atoms with E-state index in [2.05, 4.69) is 11.8 Å². The summed E-state index contributed by atoms with van der Waals surface area (Å²) in [5.41, 5.74) is 5.63. The lowest BCUT2D eigenvalue weighted by atomic mass is 10.1. The number of hydrogen-bond acceptors (Lipinski definition) is 3. The van der Waals surface area contributed by atoms with Crippen molar-refractivity contribution in [3.63, 3.8) is 0 Å². The minimum Gasteiger partial charge on any atom is -0.378 e. The lowest BCUT2D eigenvalue weighted by molar-refractivity contribution is 0.0987. The number of ether oxygens (including phenoxy) is 1. The molecule has 1 fully saturated rings. The van der Waals surface area contributed by atoms with E-state index in [-0.39, 0.29) is 0 Å².